The number of benzene rings is 1. The molecule has 1 aromatic carbocycles. The van der Waals surface area contributed by atoms with E-state index in [1.807, 2.05) is 19.9 Å². The van der Waals surface area contributed by atoms with Crippen molar-refractivity contribution in [2.24, 2.45) is 0 Å². The van der Waals surface area contributed by atoms with Gasteiger partial charge in [0.25, 0.3) is 0 Å². The van der Waals surface area contributed by atoms with E-state index < -0.39 is 5.97 Å². The van der Waals surface area contributed by atoms with Gasteiger partial charge in [-0.1, -0.05) is 58.6 Å². The Bertz CT molecular complexity index is 718. The van der Waals surface area contributed by atoms with Gasteiger partial charge in [-0.15, -0.1) is 0 Å². The zero-order valence-corrected chi connectivity index (χ0v) is 19.3. The fourth-order valence-electron chi connectivity index (χ4n) is 4.25. The molecule has 4 heteroatoms. The number of Topliss-reactive ketones (excluding diaryl/α,β-unsaturated/α-hetero) is 1. The van der Waals surface area contributed by atoms with Gasteiger partial charge in [-0.2, -0.15) is 0 Å². The van der Waals surface area contributed by atoms with Crippen LogP contribution in [0.15, 0.2) is 23.8 Å². The van der Waals surface area contributed by atoms with Gasteiger partial charge in [-0.3, -0.25) is 9.59 Å². The Morgan fingerprint density at radius 3 is 2.40 bits per heavy atom. The van der Waals surface area contributed by atoms with Gasteiger partial charge in [0.15, 0.2) is 5.78 Å². The van der Waals surface area contributed by atoms with Gasteiger partial charge < -0.3 is 10.2 Å². The van der Waals surface area contributed by atoms with Crippen LogP contribution in [0.2, 0.25) is 0 Å². The van der Waals surface area contributed by atoms with Gasteiger partial charge in [-0.25, -0.2) is 0 Å². The molecule has 4 nitrogen and oxygen atoms in total. The third-order valence-corrected chi connectivity index (χ3v) is 5.79. The standard InChI is InChI=1S/C24H34O4.C2H6/c1-3-5-6-7-9-18-13-12-17(4-2)20-15-14-19(25)16-21(20)24(18)22(26)10-8-11-23(27)28;1-2/h14-17,25H,3-13H2,1-2H3,(H,27,28);1-2H3. The highest BCUT2D eigenvalue weighted by molar-refractivity contribution is 6.22. The molecule has 168 valence electrons. The Morgan fingerprint density at radius 1 is 1.03 bits per heavy atom. The molecular formula is C26H40O4. The van der Waals surface area contributed by atoms with Crippen molar-refractivity contribution in [3.8, 4) is 5.75 Å². The van der Waals surface area contributed by atoms with Crippen LogP contribution < -0.4 is 0 Å². The number of aromatic hydroxyl groups is 1. The number of carbonyl (C=O) groups excluding carboxylic acids is 1. The van der Waals surface area contributed by atoms with Crippen molar-refractivity contribution in [1.29, 1.82) is 0 Å². The first-order chi connectivity index (χ1) is 14.5. The quantitative estimate of drug-likeness (QED) is 0.372. The second-order valence-electron chi connectivity index (χ2n) is 7.88. The van der Waals surface area contributed by atoms with Crippen molar-refractivity contribution < 1.29 is 19.8 Å². The van der Waals surface area contributed by atoms with Gasteiger partial charge in [0, 0.05) is 18.4 Å². The highest BCUT2D eigenvalue weighted by Crippen LogP contribution is 2.42. The van der Waals surface area contributed by atoms with E-state index in [4.69, 9.17) is 5.11 Å². The fraction of sp³-hybridized carbons (Fsp3) is 0.615. The van der Waals surface area contributed by atoms with Gasteiger partial charge in [0.05, 0.1) is 0 Å². The van der Waals surface area contributed by atoms with Gasteiger partial charge >= 0.3 is 5.97 Å². The number of carbonyl (C=O) groups is 2. The molecule has 0 aliphatic heterocycles. The van der Waals surface area contributed by atoms with Crippen LogP contribution in [-0.2, 0) is 9.59 Å². The number of ketones is 1. The first-order valence-electron chi connectivity index (χ1n) is 11.8. The molecule has 0 spiro atoms. The summed E-state index contributed by atoms with van der Waals surface area (Å²) in [7, 11) is 0. The molecular weight excluding hydrogens is 376 g/mol. The molecule has 0 saturated carbocycles. The summed E-state index contributed by atoms with van der Waals surface area (Å²) in [6.45, 7) is 8.36. The maximum Gasteiger partial charge on any atom is 0.303 e. The average molecular weight is 417 g/mol. The lowest BCUT2D eigenvalue weighted by atomic mass is 9.86. The van der Waals surface area contributed by atoms with Crippen LogP contribution >= 0.6 is 0 Å². The molecule has 0 radical (unpaired) electrons. The van der Waals surface area contributed by atoms with Crippen LogP contribution in [-0.4, -0.2) is 22.0 Å². The molecule has 1 unspecified atom stereocenters. The molecule has 0 heterocycles. The molecule has 1 aliphatic rings. The van der Waals surface area contributed by atoms with Crippen molar-refractivity contribution >= 4 is 17.3 Å². The monoisotopic (exact) mass is 416 g/mol. The number of unbranched alkanes of at least 4 members (excludes halogenated alkanes) is 3. The van der Waals surface area contributed by atoms with Crippen LogP contribution in [0.1, 0.15) is 115 Å². The number of aliphatic carboxylic acids is 1. The van der Waals surface area contributed by atoms with E-state index in [0.29, 0.717) is 12.3 Å². The van der Waals surface area contributed by atoms with Crippen molar-refractivity contribution in [3.63, 3.8) is 0 Å². The smallest absolute Gasteiger partial charge is 0.303 e. The van der Waals surface area contributed by atoms with E-state index in [-0.39, 0.29) is 24.4 Å². The minimum absolute atomic E-state index is 0.00926. The lowest BCUT2D eigenvalue weighted by molar-refractivity contribution is -0.137. The molecule has 0 bridgehead atoms. The predicted octanol–water partition coefficient (Wildman–Crippen LogP) is 7.25. The number of fused-ring (bicyclic) bond motifs is 1. The highest BCUT2D eigenvalue weighted by Gasteiger charge is 2.27. The summed E-state index contributed by atoms with van der Waals surface area (Å²) >= 11 is 0. The van der Waals surface area contributed by atoms with E-state index in [0.717, 1.165) is 55.2 Å². The van der Waals surface area contributed by atoms with E-state index in [1.54, 1.807) is 12.1 Å². The fourth-order valence-corrected chi connectivity index (χ4v) is 4.25. The second kappa shape index (κ2) is 14.0. The lowest BCUT2D eigenvalue weighted by Crippen LogP contribution is -2.08. The summed E-state index contributed by atoms with van der Waals surface area (Å²) in [4.78, 5) is 24.0. The SMILES string of the molecule is CC.CCCCCCC1=C(C(=O)CCCC(=O)O)c2cc(O)ccc2C(CC)CC1. The summed E-state index contributed by atoms with van der Waals surface area (Å²) in [5, 5.41) is 19.0. The Morgan fingerprint density at radius 2 is 1.77 bits per heavy atom. The number of allylic oxidation sites excluding steroid dienone is 2. The Labute approximate surface area is 182 Å². The predicted molar refractivity (Wildman–Crippen MR) is 124 cm³/mol. The second-order valence-corrected chi connectivity index (χ2v) is 7.88. The summed E-state index contributed by atoms with van der Waals surface area (Å²) in [5.41, 5.74) is 3.96. The number of hydrogen-bond acceptors (Lipinski definition) is 3. The van der Waals surface area contributed by atoms with Gasteiger partial charge in [0.1, 0.15) is 5.75 Å². The van der Waals surface area contributed by atoms with Gasteiger partial charge in [-0.05, 0) is 67.7 Å². The molecule has 0 fully saturated rings. The van der Waals surface area contributed by atoms with E-state index in [2.05, 4.69) is 13.8 Å². The minimum atomic E-state index is -0.869. The topological polar surface area (TPSA) is 74.6 Å². The molecule has 1 atom stereocenters. The lowest BCUT2D eigenvalue weighted by Gasteiger charge is -2.17. The molecule has 0 amide bonds. The number of phenols is 1. The molecule has 2 rings (SSSR count). The number of carboxylic acid groups (broad SMARTS) is 1. The number of phenolic OH excluding ortho intramolecular Hbond substituents is 1. The summed E-state index contributed by atoms with van der Waals surface area (Å²) in [6, 6.07) is 5.41. The molecule has 2 N–H and O–H groups in total. The Balaban J connectivity index is 0.00000218. The molecule has 30 heavy (non-hydrogen) atoms. The van der Waals surface area contributed by atoms with Crippen LogP contribution in [0.4, 0.5) is 0 Å². The summed E-state index contributed by atoms with van der Waals surface area (Å²) in [5.74, 6) is -0.288. The highest BCUT2D eigenvalue weighted by atomic mass is 16.4. The largest absolute Gasteiger partial charge is 0.508 e. The number of carboxylic acids is 1. The van der Waals surface area contributed by atoms with Crippen LogP contribution in [0.5, 0.6) is 5.75 Å². The maximum atomic E-state index is 13.2. The maximum absolute atomic E-state index is 13.2. The van der Waals surface area contributed by atoms with Crippen molar-refractivity contribution in [2.45, 2.75) is 104 Å². The molecule has 0 aromatic heterocycles. The minimum Gasteiger partial charge on any atom is -0.508 e. The first-order valence-corrected chi connectivity index (χ1v) is 11.8. The number of hydrogen-bond donors (Lipinski definition) is 2. The average Bonchev–Trinajstić information content (AvgIpc) is 2.88. The number of rotatable bonds is 11. The van der Waals surface area contributed by atoms with Crippen LogP contribution in [0.3, 0.4) is 0 Å². The summed E-state index contributed by atoms with van der Waals surface area (Å²) in [6.07, 6.45) is 9.03. The Kier molecular flexibility index (Phi) is 12.1. The van der Waals surface area contributed by atoms with Crippen molar-refractivity contribution in [3.05, 3.63) is 34.9 Å². The third-order valence-electron chi connectivity index (χ3n) is 5.79. The zero-order valence-electron chi connectivity index (χ0n) is 19.3. The normalized spacial score (nSPS) is 15.7. The van der Waals surface area contributed by atoms with E-state index in [1.165, 1.54) is 18.4 Å². The van der Waals surface area contributed by atoms with Crippen molar-refractivity contribution in [2.75, 3.05) is 0 Å². The molecule has 1 aromatic rings. The van der Waals surface area contributed by atoms with Crippen molar-refractivity contribution in [1.82, 2.24) is 0 Å². The van der Waals surface area contributed by atoms with Crippen LogP contribution in [0, 0.1) is 0 Å². The van der Waals surface area contributed by atoms with Gasteiger partial charge in [0.2, 0.25) is 0 Å². The first kappa shape index (κ1) is 25.9. The molecule has 1 aliphatic carbocycles. The summed E-state index contributed by atoms with van der Waals surface area (Å²) < 4.78 is 0. The van der Waals surface area contributed by atoms with Crippen LogP contribution in [0.25, 0.3) is 5.57 Å². The van der Waals surface area contributed by atoms with E-state index >= 15 is 0 Å². The Hall–Kier alpha value is -2.10. The zero-order chi connectivity index (χ0) is 22.5. The van der Waals surface area contributed by atoms with E-state index in [9.17, 15) is 14.7 Å². The molecule has 0 saturated heterocycles. The third kappa shape index (κ3) is 7.62.